The lowest BCUT2D eigenvalue weighted by Crippen LogP contribution is -2.43. The molecule has 3 atom stereocenters. The van der Waals surface area contributed by atoms with Crippen molar-refractivity contribution in [2.45, 2.75) is 57.5 Å². The minimum atomic E-state index is -3.41. The van der Waals surface area contributed by atoms with E-state index in [1.807, 2.05) is 12.3 Å². The van der Waals surface area contributed by atoms with Crippen molar-refractivity contribution < 1.29 is 8.42 Å². The lowest BCUT2D eigenvalue weighted by atomic mass is 9.78. The summed E-state index contributed by atoms with van der Waals surface area (Å²) >= 11 is 1.50. The Bertz CT molecular complexity index is 554. The van der Waals surface area contributed by atoms with Crippen LogP contribution in [0.1, 0.15) is 44.9 Å². The molecular weight excluding hydrogens is 304 g/mol. The van der Waals surface area contributed by atoms with Gasteiger partial charge >= 0.3 is 0 Å². The molecule has 2 rings (SSSR count). The van der Waals surface area contributed by atoms with Crippen LogP contribution in [-0.2, 0) is 16.6 Å². The van der Waals surface area contributed by atoms with Gasteiger partial charge in [0, 0.05) is 17.5 Å². The summed E-state index contributed by atoms with van der Waals surface area (Å²) in [4.78, 5) is 1.33. The van der Waals surface area contributed by atoms with E-state index in [1.54, 1.807) is 6.07 Å². The second-order valence-corrected chi connectivity index (χ2v) is 8.67. The van der Waals surface area contributed by atoms with E-state index in [4.69, 9.17) is 0 Å². The van der Waals surface area contributed by atoms with E-state index >= 15 is 0 Å². The van der Waals surface area contributed by atoms with Gasteiger partial charge in [-0.25, -0.2) is 13.1 Å². The SMILES string of the molecule is CCNCc1sccc1S(=O)(=O)NC1CCCC(C)C1C. The largest absolute Gasteiger partial charge is 0.312 e. The molecule has 4 nitrogen and oxygen atoms in total. The maximum absolute atomic E-state index is 12.7. The molecular formula is C15H26N2O2S2. The van der Waals surface area contributed by atoms with E-state index in [9.17, 15) is 8.42 Å². The van der Waals surface area contributed by atoms with Crippen LogP contribution in [0.5, 0.6) is 0 Å². The minimum absolute atomic E-state index is 0.0608. The number of rotatable bonds is 6. The van der Waals surface area contributed by atoms with E-state index in [-0.39, 0.29) is 6.04 Å². The molecule has 1 fully saturated rings. The lowest BCUT2D eigenvalue weighted by Gasteiger charge is -2.34. The molecule has 120 valence electrons. The van der Waals surface area contributed by atoms with E-state index in [1.165, 1.54) is 17.8 Å². The zero-order valence-corrected chi connectivity index (χ0v) is 14.7. The smallest absolute Gasteiger partial charge is 0.241 e. The van der Waals surface area contributed by atoms with Crippen molar-refractivity contribution >= 4 is 21.4 Å². The van der Waals surface area contributed by atoms with Crippen molar-refractivity contribution in [3.63, 3.8) is 0 Å². The fourth-order valence-electron chi connectivity index (χ4n) is 2.95. The highest BCUT2D eigenvalue weighted by molar-refractivity contribution is 7.89. The molecule has 6 heteroatoms. The summed E-state index contributed by atoms with van der Waals surface area (Å²) in [6.45, 7) is 7.84. The van der Waals surface area contributed by atoms with Crippen molar-refractivity contribution in [3.05, 3.63) is 16.3 Å². The van der Waals surface area contributed by atoms with Gasteiger partial charge in [0.25, 0.3) is 0 Å². The molecule has 1 saturated carbocycles. The Hall–Kier alpha value is -0.430. The van der Waals surface area contributed by atoms with Gasteiger partial charge in [-0.2, -0.15) is 0 Å². The third-order valence-electron chi connectivity index (χ3n) is 4.54. The topological polar surface area (TPSA) is 58.2 Å². The third-order valence-corrected chi connectivity index (χ3v) is 7.17. The first-order chi connectivity index (χ1) is 9.95. The average Bonchev–Trinajstić information content (AvgIpc) is 2.91. The molecule has 1 heterocycles. The summed E-state index contributed by atoms with van der Waals surface area (Å²) in [5.74, 6) is 0.972. The van der Waals surface area contributed by atoms with E-state index < -0.39 is 10.0 Å². The van der Waals surface area contributed by atoms with Crippen LogP contribution < -0.4 is 10.0 Å². The molecule has 0 spiro atoms. The lowest BCUT2D eigenvalue weighted by molar-refractivity contribution is 0.227. The van der Waals surface area contributed by atoms with Gasteiger partial charge in [-0.15, -0.1) is 11.3 Å². The number of thiophene rings is 1. The fraction of sp³-hybridized carbons (Fsp3) is 0.733. The first kappa shape index (κ1) is 16.9. The van der Waals surface area contributed by atoms with Crippen LogP contribution in [0.25, 0.3) is 0 Å². The van der Waals surface area contributed by atoms with Crippen molar-refractivity contribution in [1.29, 1.82) is 0 Å². The molecule has 2 N–H and O–H groups in total. The average molecular weight is 331 g/mol. The molecule has 0 bridgehead atoms. The van der Waals surface area contributed by atoms with Gasteiger partial charge in [-0.1, -0.05) is 33.6 Å². The van der Waals surface area contributed by atoms with Gasteiger partial charge in [-0.05, 0) is 36.2 Å². The zero-order chi connectivity index (χ0) is 15.5. The highest BCUT2D eigenvalue weighted by Gasteiger charge is 2.31. The number of hydrogen-bond donors (Lipinski definition) is 2. The maximum atomic E-state index is 12.7. The van der Waals surface area contributed by atoms with Gasteiger partial charge in [-0.3, -0.25) is 0 Å². The Morgan fingerprint density at radius 1 is 1.33 bits per heavy atom. The van der Waals surface area contributed by atoms with Crippen LogP contribution in [-0.4, -0.2) is 21.0 Å². The second-order valence-electron chi connectivity index (χ2n) is 5.98. The second kappa shape index (κ2) is 7.22. The highest BCUT2D eigenvalue weighted by atomic mass is 32.2. The molecule has 1 aromatic rings. The van der Waals surface area contributed by atoms with Crippen molar-refractivity contribution in [2.24, 2.45) is 11.8 Å². The van der Waals surface area contributed by atoms with Crippen molar-refractivity contribution in [2.75, 3.05) is 6.54 Å². The molecule has 3 unspecified atom stereocenters. The van der Waals surface area contributed by atoms with Crippen LogP contribution in [0.15, 0.2) is 16.3 Å². The van der Waals surface area contributed by atoms with Crippen LogP contribution in [0.2, 0.25) is 0 Å². The minimum Gasteiger partial charge on any atom is -0.312 e. The summed E-state index contributed by atoms with van der Waals surface area (Å²) in [5, 5.41) is 5.06. The first-order valence-corrected chi connectivity index (χ1v) is 10.1. The van der Waals surface area contributed by atoms with Crippen molar-refractivity contribution in [1.82, 2.24) is 10.0 Å². The Kier molecular flexibility index (Phi) is 5.82. The molecule has 0 aliphatic heterocycles. The summed E-state index contributed by atoms with van der Waals surface area (Å²) in [5.41, 5.74) is 0. The monoisotopic (exact) mass is 330 g/mol. The van der Waals surface area contributed by atoms with E-state index in [0.29, 0.717) is 23.3 Å². The molecule has 0 aromatic carbocycles. The Balaban J connectivity index is 2.13. The fourth-order valence-corrected chi connectivity index (χ4v) is 5.72. The van der Waals surface area contributed by atoms with E-state index in [0.717, 1.165) is 24.3 Å². The third kappa shape index (κ3) is 4.06. The molecule has 21 heavy (non-hydrogen) atoms. The number of nitrogens with one attached hydrogen (secondary N) is 2. The molecule has 0 radical (unpaired) electrons. The van der Waals surface area contributed by atoms with Crippen molar-refractivity contribution in [3.8, 4) is 0 Å². The Morgan fingerprint density at radius 2 is 2.10 bits per heavy atom. The van der Waals surface area contributed by atoms with Crippen LogP contribution >= 0.6 is 11.3 Å². The first-order valence-electron chi connectivity index (χ1n) is 7.75. The van der Waals surface area contributed by atoms with Gasteiger partial charge < -0.3 is 5.32 Å². The molecule has 1 aliphatic carbocycles. The molecule has 1 aromatic heterocycles. The highest BCUT2D eigenvalue weighted by Crippen LogP contribution is 2.31. The summed E-state index contributed by atoms with van der Waals surface area (Å²) in [6.07, 6.45) is 3.24. The number of sulfonamides is 1. The Morgan fingerprint density at radius 3 is 2.81 bits per heavy atom. The van der Waals surface area contributed by atoms with E-state index in [2.05, 4.69) is 23.9 Å². The van der Waals surface area contributed by atoms with Gasteiger partial charge in [0.15, 0.2) is 0 Å². The Labute approximate surface area is 132 Å². The predicted molar refractivity (Wildman–Crippen MR) is 88.0 cm³/mol. The van der Waals surface area contributed by atoms with Gasteiger partial charge in [0.2, 0.25) is 10.0 Å². The predicted octanol–water partition coefficient (Wildman–Crippen LogP) is 2.96. The number of hydrogen-bond acceptors (Lipinski definition) is 4. The van der Waals surface area contributed by atoms with Crippen LogP contribution in [0, 0.1) is 11.8 Å². The van der Waals surface area contributed by atoms with Gasteiger partial charge in [0.05, 0.1) is 4.90 Å². The summed E-state index contributed by atoms with van der Waals surface area (Å²) < 4.78 is 28.3. The normalized spacial score (nSPS) is 26.9. The standard InChI is InChI=1S/C15H26N2O2S2/c1-4-16-10-14-15(8-9-20-14)21(18,19)17-13-7-5-6-11(2)12(13)3/h8-9,11-13,16-17H,4-7,10H2,1-3H3. The summed E-state index contributed by atoms with van der Waals surface area (Å²) in [6, 6.07) is 1.78. The van der Waals surface area contributed by atoms with Gasteiger partial charge in [0.1, 0.15) is 0 Å². The molecule has 1 aliphatic rings. The van der Waals surface area contributed by atoms with Crippen LogP contribution in [0.3, 0.4) is 0 Å². The maximum Gasteiger partial charge on any atom is 0.241 e. The van der Waals surface area contributed by atoms with Crippen LogP contribution in [0.4, 0.5) is 0 Å². The zero-order valence-electron chi connectivity index (χ0n) is 13.1. The quantitative estimate of drug-likeness (QED) is 0.843. The molecule has 0 amide bonds. The molecule has 0 saturated heterocycles. The summed E-state index contributed by atoms with van der Waals surface area (Å²) in [7, 11) is -3.41.